The molecule has 2 aromatic rings. The van der Waals surface area contributed by atoms with Crippen molar-refractivity contribution in [3.05, 3.63) is 59.2 Å². The van der Waals surface area contributed by atoms with Gasteiger partial charge >= 0.3 is 0 Å². The third kappa shape index (κ3) is 12.8. The molecule has 0 bridgehead atoms. The van der Waals surface area contributed by atoms with E-state index in [9.17, 15) is 0 Å². The van der Waals surface area contributed by atoms with Crippen LogP contribution in [0.25, 0.3) is 0 Å². The summed E-state index contributed by atoms with van der Waals surface area (Å²) in [5.74, 6) is 6.41. The van der Waals surface area contributed by atoms with Crippen molar-refractivity contribution in [2.45, 2.75) is 118 Å². The second-order valence-electron chi connectivity index (χ2n) is 9.70. The van der Waals surface area contributed by atoms with Crippen molar-refractivity contribution in [2.24, 2.45) is 9.98 Å². The molecule has 0 fully saturated rings. The zero-order chi connectivity index (χ0) is 26.0. The average molecular weight is 543 g/mol. The third-order valence-corrected chi connectivity index (χ3v) is 6.39. The Labute approximate surface area is 237 Å². The molecule has 0 saturated heterocycles. The summed E-state index contributed by atoms with van der Waals surface area (Å²) in [6.07, 6.45) is 14.8. The molecule has 2 aromatic carbocycles. The van der Waals surface area contributed by atoms with Crippen molar-refractivity contribution in [3.8, 4) is 11.8 Å². The Kier molecular flexibility index (Phi) is 17.7. The molecular formula is C34H48N2Ni. The van der Waals surface area contributed by atoms with Gasteiger partial charge in [0.25, 0.3) is 0 Å². The van der Waals surface area contributed by atoms with Crippen molar-refractivity contribution < 1.29 is 16.5 Å². The van der Waals surface area contributed by atoms with Crippen LogP contribution in [0.5, 0.6) is 0 Å². The molecule has 0 saturated carbocycles. The van der Waals surface area contributed by atoms with Crippen molar-refractivity contribution >= 4 is 22.8 Å². The van der Waals surface area contributed by atoms with Crippen LogP contribution >= 0.6 is 0 Å². The molecule has 0 aliphatic heterocycles. The molecule has 2 rings (SSSR count). The quantitative estimate of drug-likeness (QED) is 0.0924. The Morgan fingerprint density at radius 3 is 1.86 bits per heavy atom. The van der Waals surface area contributed by atoms with E-state index in [-0.39, 0.29) is 16.5 Å². The van der Waals surface area contributed by atoms with Crippen molar-refractivity contribution in [1.82, 2.24) is 0 Å². The number of hydrogen-bond acceptors (Lipinski definition) is 2. The molecule has 3 heteroatoms. The number of rotatable bonds is 15. The molecule has 37 heavy (non-hydrogen) atoms. The fraction of sp³-hybridized carbons (Fsp3) is 0.529. The molecule has 0 aromatic heterocycles. The van der Waals surface area contributed by atoms with Gasteiger partial charge in [0.2, 0.25) is 0 Å². The summed E-state index contributed by atoms with van der Waals surface area (Å²) >= 11 is 0. The normalized spacial score (nSPS) is 11.6. The first-order chi connectivity index (χ1) is 17.6. The number of aryl methyl sites for hydroxylation is 2. The summed E-state index contributed by atoms with van der Waals surface area (Å²) < 4.78 is 0. The second-order valence-corrected chi connectivity index (χ2v) is 9.70. The van der Waals surface area contributed by atoms with E-state index in [1.165, 1.54) is 49.7 Å². The Morgan fingerprint density at radius 2 is 1.30 bits per heavy atom. The minimum absolute atomic E-state index is 0. The number of nitrogens with zero attached hydrogens (tertiary/aromatic N) is 2. The van der Waals surface area contributed by atoms with Crippen LogP contribution in [0.3, 0.4) is 0 Å². The summed E-state index contributed by atoms with van der Waals surface area (Å²) in [5.41, 5.74) is 8.18. The van der Waals surface area contributed by atoms with Gasteiger partial charge in [0.05, 0.1) is 22.8 Å². The van der Waals surface area contributed by atoms with E-state index in [2.05, 4.69) is 88.9 Å². The molecule has 0 atom stereocenters. The van der Waals surface area contributed by atoms with E-state index in [1.807, 2.05) is 0 Å². The molecule has 0 N–H and O–H groups in total. The summed E-state index contributed by atoms with van der Waals surface area (Å²) in [7, 11) is 0. The van der Waals surface area contributed by atoms with Crippen LogP contribution in [0, 0.1) is 11.8 Å². The minimum atomic E-state index is 0. The third-order valence-electron chi connectivity index (χ3n) is 6.39. The maximum Gasteiger partial charge on any atom is 0.0646 e. The van der Waals surface area contributed by atoms with E-state index < -0.39 is 0 Å². The number of unbranched alkanes of at least 4 members (excludes halogenated alkanes) is 5. The number of hydrogen-bond donors (Lipinski definition) is 0. The van der Waals surface area contributed by atoms with Gasteiger partial charge < -0.3 is 0 Å². The summed E-state index contributed by atoms with van der Waals surface area (Å²) in [6, 6.07) is 15.3. The fourth-order valence-electron chi connectivity index (χ4n) is 4.37. The maximum atomic E-state index is 5.23. The molecule has 0 unspecified atom stereocenters. The largest absolute Gasteiger partial charge is 0.252 e. The van der Waals surface area contributed by atoms with Crippen LogP contribution < -0.4 is 0 Å². The van der Waals surface area contributed by atoms with Crippen molar-refractivity contribution in [2.75, 3.05) is 0 Å². The fourth-order valence-corrected chi connectivity index (χ4v) is 4.37. The van der Waals surface area contributed by atoms with Gasteiger partial charge in [-0.1, -0.05) is 90.7 Å². The molecule has 0 aliphatic carbocycles. The van der Waals surface area contributed by atoms with Gasteiger partial charge in [-0.05, 0) is 86.4 Å². The van der Waals surface area contributed by atoms with Gasteiger partial charge in [-0.2, -0.15) is 0 Å². The molecule has 0 radical (unpaired) electrons. The summed E-state index contributed by atoms with van der Waals surface area (Å²) in [4.78, 5) is 10.4. The van der Waals surface area contributed by atoms with Gasteiger partial charge in [-0.25, -0.2) is 0 Å². The molecule has 0 spiro atoms. The van der Waals surface area contributed by atoms with Crippen LogP contribution in [-0.2, 0) is 29.3 Å². The Hall–Kier alpha value is -2.17. The van der Waals surface area contributed by atoms with E-state index in [0.29, 0.717) is 0 Å². The average Bonchev–Trinajstić information content (AvgIpc) is 2.89. The summed E-state index contributed by atoms with van der Waals surface area (Å²) in [5, 5.41) is 0. The maximum absolute atomic E-state index is 5.23. The van der Waals surface area contributed by atoms with E-state index in [1.54, 1.807) is 0 Å². The molecule has 0 aliphatic rings. The minimum Gasteiger partial charge on any atom is -0.252 e. The first kappa shape index (κ1) is 32.9. The van der Waals surface area contributed by atoms with Crippen LogP contribution in [0.15, 0.2) is 52.4 Å². The number of aliphatic imine (C=N–C) groups is 2. The molecule has 0 heterocycles. The first-order valence-corrected chi connectivity index (χ1v) is 14.5. The second kappa shape index (κ2) is 19.9. The topological polar surface area (TPSA) is 24.7 Å². The monoisotopic (exact) mass is 542 g/mol. The van der Waals surface area contributed by atoms with Gasteiger partial charge in [-0.3, -0.25) is 9.98 Å². The zero-order valence-electron chi connectivity index (χ0n) is 23.9. The smallest absolute Gasteiger partial charge is 0.0646 e. The first-order valence-electron chi connectivity index (χ1n) is 14.5. The predicted octanol–water partition coefficient (Wildman–Crippen LogP) is 10.4. The van der Waals surface area contributed by atoms with Gasteiger partial charge in [0, 0.05) is 28.5 Å². The van der Waals surface area contributed by atoms with E-state index >= 15 is 0 Å². The summed E-state index contributed by atoms with van der Waals surface area (Å²) in [6.45, 7) is 11.1. The molecule has 204 valence electrons. The molecular weight excluding hydrogens is 495 g/mol. The van der Waals surface area contributed by atoms with Crippen LogP contribution in [0.2, 0.25) is 0 Å². The molecule has 0 amide bonds. The standard InChI is InChI=1S/C34H48N2.Ni/c1-6-11-15-19-29-24-30(20-16-12-7-2)27-32(26-29)36-33(10-5)34(23-14-9-4)35-31-22-17-21-28(25-31)18-13-8-3;/h17,21-22,24-27H,6-12,14-16,19-20,23H2,1-5H3;. The van der Waals surface area contributed by atoms with Crippen LogP contribution in [-0.4, -0.2) is 11.4 Å². The Bertz CT molecular complexity index is 1010. The Morgan fingerprint density at radius 1 is 0.676 bits per heavy atom. The SMILES string of the molecule is CCC#Cc1cccc(N=C(CCCC)C(CC)=Nc2cc(CCCCC)cc(CCCCC)c2)c1.[Ni]. The van der Waals surface area contributed by atoms with Crippen molar-refractivity contribution in [1.29, 1.82) is 0 Å². The Balaban J connectivity index is 0.00000684. The van der Waals surface area contributed by atoms with Gasteiger partial charge in [0.15, 0.2) is 0 Å². The van der Waals surface area contributed by atoms with E-state index in [4.69, 9.17) is 9.98 Å². The molecule has 2 nitrogen and oxygen atoms in total. The predicted molar refractivity (Wildman–Crippen MR) is 161 cm³/mol. The zero-order valence-corrected chi connectivity index (χ0v) is 24.9. The van der Waals surface area contributed by atoms with Gasteiger partial charge in [0.1, 0.15) is 0 Å². The number of benzene rings is 2. The van der Waals surface area contributed by atoms with Gasteiger partial charge in [-0.15, -0.1) is 0 Å². The van der Waals surface area contributed by atoms with Crippen LogP contribution in [0.1, 0.15) is 122 Å². The van der Waals surface area contributed by atoms with Crippen molar-refractivity contribution in [3.63, 3.8) is 0 Å². The van der Waals surface area contributed by atoms with Crippen LogP contribution in [0.4, 0.5) is 11.4 Å². The van der Waals surface area contributed by atoms with E-state index in [0.717, 1.165) is 73.3 Å².